The van der Waals surface area contributed by atoms with Gasteiger partial charge in [-0.25, -0.2) is 4.79 Å². The smallest absolute Gasteiger partial charge is 0.360 e. The van der Waals surface area contributed by atoms with Gasteiger partial charge in [-0.05, 0) is 35.7 Å². The number of carbonyl (C=O) groups is 1. The van der Waals surface area contributed by atoms with Gasteiger partial charge >= 0.3 is 5.97 Å². The molecule has 0 fully saturated rings. The Morgan fingerprint density at radius 3 is 3.22 bits per heavy atom. The Kier molecular flexibility index (Phi) is 4.35. The monoisotopic (exact) mass is 266 g/mol. The number of hydrogen-bond acceptors (Lipinski definition) is 6. The van der Waals surface area contributed by atoms with E-state index in [4.69, 9.17) is 9.15 Å². The largest absolute Gasteiger partial charge is 0.461 e. The van der Waals surface area contributed by atoms with Crippen LogP contribution in [0.15, 0.2) is 27.5 Å². The van der Waals surface area contributed by atoms with Crippen LogP contribution in [-0.2, 0) is 11.2 Å². The van der Waals surface area contributed by atoms with Crippen LogP contribution in [-0.4, -0.2) is 24.1 Å². The second kappa shape index (κ2) is 6.20. The highest BCUT2D eigenvalue weighted by Gasteiger charge is 2.12. The van der Waals surface area contributed by atoms with E-state index in [0.29, 0.717) is 19.2 Å². The second-order valence-corrected chi connectivity index (χ2v) is 4.35. The number of hydrogen-bond donors (Lipinski definition) is 1. The molecular weight excluding hydrogens is 252 g/mol. The first-order valence-electron chi connectivity index (χ1n) is 5.67. The van der Waals surface area contributed by atoms with E-state index >= 15 is 0 Å². The lowest BCUT2D eigenvalue weighted by atomic mass is 10.2. The van der Waals surface area contributed by atoms with Crippen LogP contribution in [0.25, 0.3) is 0 Å². The number of esters is 1. The van der Waals surface area contributed by atoms with Crippen molar-refractivity contribution in [2.45, 2.75) is 13.3 Å². The highest BCUT2D eigenvalue weighted by Crippen LogP contribution is 2.10. The molecule has 0 saturated heterocycles. The number of aromatic nitrogens is 1. The van der Waals surface area contributed by atoms with Gasteiger partial charge in [0.15, 0.2) is 5.69 Å². The Labute approximate surface area is 109 Å². The Morgan fingerprint density at radius 2 is 2.50 bits per heavy atom. The third-order valence-corrected chi connectivity index (χ3v) is 2.99. The van der Waals surface area contributed by atoms with Crippen molar-refractivity contribution >= 4 is 23.3 Å². The molecule has 0 saturated carbocycles. The summed E-state index contributed by atoms with van der Waals surface area (Å²) in [6, 6.07) is 2.42. The summed E-state index contributed by atoms with van der Waals surface area (Å²) in [7, 11) is 0. The Bertz CT molecular complexity index is 493. The topological polar surface area (TPSA) is 64.4 Å². The van der Waals surface area contributed by atoms with Gasteiger partial charge < -0.3 is 14.5 Å². The van der Waals surface area contributed by atoms with E-state index in [1.807, 2.05) is 5.38 Å². The first-order valence-corrected chi connectivity index (χ1v) is 6.61. The van der Waals surface area contributed by atoms with E-state index in [9.17, 15) is 4.79 Å². The fourth-order valence-electron chi connectivity index (χ4n) is 1.40. The molecule has 1 N–H and O–H groups in total. The fourth-order valence-corrected chi connectivity index (χ4v) is 2.11. The van der Waals surface area contributed by atoms with Gasteiger partial charge in [0.05, 0.1) is 6.61 Å². The number of carbonyl (C=O) groups excluding carboxylic acids is 1. The molecular formula is C12H14N2O3S. The fraction of sp³-hybridized carbons (Fsp3) is 0.333. The summed E-state index contributed by atoms with van der Waals surface area (Å²) in [4.78, 5) is 15.3. The molecule has 0 aromatic carbocycles. The lowest BCUT2D eigenvalue weighted by Crippen LogP contribution is -2.07. The Hall–Kier alpha value is -1.82. The molecule has 2 rings (SSSR count). The van der Waals surface area contributed by atoms with Crippen LogP contribution < -0.4 is 5.32 Å². The molecule has 6 heteroatoms. The number of nitrogens with zero attached hydrogens (tertiary/aromatic N) is 1. The lowest BCUT2D eigenvalue weighted by Gasteiger charge is -1.99. The minimum absolute atomic E-state index is 0.190. The van der Waals surface area contributed by atoms with E-state index in [-0.39, 0.29) is 5.69 Å². The zero-order valence-electron chi connectivity index (χ0n) is 10.0. The normalized spacial score (nSPS) is 10.3. The predicted octanol–water partition coefficient (Wildman–Crippen LogP) is 2.57. The number of thiophene rings is 1. The van der Waals surface area contributed by atoms with Gasteiger partial charge in [0.25, 0.3) is 6.01 Å². The standard InChI is InChI=1S/C12H14N2O3S/c1-2-16-11(15)10-7-17-12(14-10)13-5-3-9-4-6-18-8-9/h4,6-8H,2-3,5H2,1H3,(H,13,14). The summed E-state index contributed by atoms with van der Waals surface area (Å²) >= 11 is 1.67. The van der Waals surface area contributed by atoms with Crippen LogP contribution in [0.2, 0.25) is 0 Å². The maximum atomic E-state index is 11.3. The van der Waals surface area contributed by atoms with Gasteiger partial charge in [0, 0.05) is 6.54 Å². The Morgan fingerprint density at radius 1 is 1.61 bits per heavy atom. The summed E-state index contributed by atoms with van der Waals surface area (Å²) in [5, 5.41) is 7.16. The molecule has 0 aliphatic carbocycles. The van der Waals surface area contributed by atoms with Gasteiger partial charge in [-0.2, -0.15) is 16.3 Å². The molecule has 0 spiro atoms. The SMILES string of the molecule is CCOC(=O)c1coc(NCCc2ccsc2)n1. The summed E-state index contributed by atoms with van der Waals surface area (Å²) in [5.74, 6) is -0.466. The minimum atomic E-state index is -0.466. The first-order chi connectivity index (χ1) is 8.79. The number of ether oxygens (including phenoxy) is 1. The maximum absolute atomic E-state index is 11.3. The van der Waals surface area contributed by atoms with E-state index in [0.717, 1.165) is 6.42 Å². The summed E-state index contributed by atoms with van der Waals surface area (Å²) in [5.41, 5.74) is 1.46. The van der Waals surface area contributed by atoms with Crippen LogP contribution in [0.1, 0.15) is 23.0 Å². The molecule has 2 aromatic rings. The third kappa shape index (κ3) is 3.33. The predicted molar refractivity (Wildman–Crippen MR) is 69.0 cm³/mol. The van der Waals surface area contributed by atoms with Gasteiger partial charge in [0.1, 0.15) is 6.26 Å². The van der Waals surface area contributed by atoms with Crippen molar-refractivity contribution in [3.8, 4) is 0 Å². The van der Waals surface area contributed by atoms with E-state index in [2.05, 4.69) is 21.7 Å². The van der Waals surface area contributed by atoms with Gasteiger partial charge in [-0.15, -0.1) is 0 Å². The molecule has 5 nitrogen and oxygen atoms in total. The van der Waals surface area contributed by atoms with Crippen molar-refractivity contribution in [2.24, 2.45) is 0 Å². The number of anilines is 1. The minimum Gasteiger partial charge on any atom is -0.461 e. The molecule has 0 bridgehead atoms. The van der Waals surface area contributed by atoms with Crippen LogP contribution in [0.3, 0.4) is 0 Å². The molecule has 0 unspecified atom stereocenters. The summed E-state index contributed by atoms with van der Waals surface area (Å²) < 4.78 is 9.95. The molecule has 18 heavy (non-hydrogen) atoms. The highest BCUT2D eigenvalue weighted by molar-refractivity contribution is 7.07. The molecule has 0 amide bonds. The van der Waals surface area contributed by atoms with Gasteiger partial charge in [-0.3, -0.25) is 0 Å². The van der Waals surface area contributed by atoms with E-state index in [1.54, 1.807) is 18.3 Å². The number of nitrogens with one attached hydrogen (secondary N) is 1. The average molecular weight is 266 g/mol. The molecule has 0 aliphatic heterocycles. The second-order valence-electron chi connectivity index (χ2n) is 3.57. The highest BCUT2D eigenvalue weighted by atomic mass is 32.1. The van der Waals surface area contributed by atoms with Crippen LogP contribution in [0.4, 0.5) is 6.01 Å². The van der Waals surface area contributed by atoms with Crippen molar-refractivity contribution < 1.29 is 13.9 Å². The van der Waals surface area contributed by atoms with Gasteiger partial charge in [-0.1, -0.05) is 0 Å². The molecule has 0 aliphatic rings. The van der Waals surface area contributed by atoms with E-state index in [1.165, 1.54) is 11.8 Å². The van der Waals surface area contributed by atoms with Crippen molar-refractivity contribution in [2.75, 3.05) is 18.5 Å². The average Bonchev–Trinajstić information content (AvgIpc) is 3.00. The zero-order valence-corrected chi connectivity index (χ0v) is 10.8. The lowest BCUT2D eigenvalue weighted by molar-refractivity contribution is 0.0519. The zero-order chi connectivity index (χ0) is 12.8. The molecule has 0 radical (unpaired) electrons. The third-order valence-electron chi connectivity index (χ3n) is 2.26. The Balaban J connectivity index is 1.81. The van der Waals surface area contributed by atoms with Crippen LogP contribution in [0, 0.1) is 0 Å². The van der Waals surface area contributed by atoms with Crippen molar-refractivity contribution in [3.63, 3.8) is 0 Å². The molecule has 0 atom stereocenters. The van der Waals surface area contributed by atoms with Crippen molar-refractivity contribution in [3.05, 3.63) is 34.3 Å². The molecule has 2 aromatic heterocycles. The summed E-state index contributed by atoms with van der Waals surface area (Å²) in [6.07, 6.45) is 2.19. The quantitative estimate of drug-likeness (QED) is 0.814. The van der Waals surface area contributed by atoms with Gasteiger partial charge in [0.2, 0.25) is 0 Å². The maximum Gasteiger partial charge on any atom is 0.360 e. The van der Waals surface area contributed by atoms with E-state index < -0.39 is 5.97 Å². The number of rotatable bonds is 6. The van der Waals surface area contributed by atoms with Crippen molar-refractivity contribution in [1.82, 2.24) is 4.98 Å². The molecule has 96 valence electrons. The van der Waals surface area contributed by atoms with Crippen LogP contribution in [0.5, 0.6) is 0 Å². The molecule has 2 heterocycles. The number of oxazole rings is 1. The first kappa shape index (κ1) is 12.6. The van der Waals surface area contributed by atoms with Crippen LogP contribution >= 0.6 is 11.3 Å². The van der Waals surface area contributed by atoms with Crippen molar-refractivity contribution in [1.29, 1.82) is 0 Å². The summed E-state index contributed by atoms with van der Waals surface area (Å²) in [6.45, 7) is 2.78.